The molecule has 0 aromatic carbocycles. The lowest BCUT2D eigenvalue weighted by Gasteiger charge is -1.86. The van der Waals surface area contributed by atoms with Crippen LogP contribution in [-0.4, -0.2) is 13.1 Å². The Morgan fingerprint density at radius 2 is 1.57 bits per heavy atom. The number of hydrogen-bond acceptors (Lipinski definition) is 1. The van der Waals surface area contributed by atoms with Gasteiger partial charge >= 0.3 is 0 Å². The van der Waals surface area contributed by atoms with Gasteiger partial charge in [0, 0.05) is 0 Å². The van der Waals surface area contributed by atoms with E-state index in [0.29, 0.717) is 0 Å². The van der Waals surface area contributed by atoms with Crippen LogP contribution < -0.4 is 5.32 Å². The summed E-state index contributed by atoms with van der Waals surface area (Å²) in [6, 6.07) is 0. The summed E-state index contributed by atoms with van der Waals surface area (Å²) < 4.78 is 0. The van der Waals surface area contributed by atoms with E-state index < -0.39 is 0 Å². The normalized spacial score (nSPS) is 6.86. The SMILES string of the molecule is CCNCC.PCl. The van der Waals surface area contributed by atoms with Gasteiger partial charge in [0.2, 0.25) is 0 Å². The van der Waals surface area contributed by atoms with Gasteiger partial charge in [-0.15, -0.1) is 11.2 Å². The fraction of sp³-hybridized carbons (Fsp3) is 1.00. The number of rotatable bonds is 2. The minimum Gasteiger partial charge on any atom is -0.317 e. The van der Waals surface area contributed by atoms with Crippen LogP contribution in [0.2, 0.25) is 0 Å². The van der Waals surface area contributed by atoms with Crippen molar-refractivity contribution < 1.29 is 0 Å². The zero-order chi connectivity index (χ0) is 6.12. The molecule has 0 amide bonds. The molecule has 1 unspecified atom stereocenters. The molecule has 1 nitrogen and oxygen atoms in total. The predicted molar refractivity (Wildman–Crippen MR) is 39.8 cm³/mol. The Bertz CT molecular complexity index is 19.2. The molecule has 0 heterocycles. The van der Waals surface area contributed by atoms with Crippen LogP contribution >= 0.6 is 19.8 Å². The minimum atomic E-state index is 1.09. The quantitative estimate of drug-likeness (QED) is 0.577. The van der Waals surface area contributed by atoms with Crippen LogP contribution in [0.1, 0.15) is 13.8 Å². The van der Waals surface area contributed by atoms with Gasteiger partial charge < -0.3 is 5.32 Å². The van der Waals surface area contributed by atoms with Crippen molar-refractivity contribution in [3.05, 3.63) is 0 Å². The van der Waals surface area contributed by atoms with Crippen LogP contribution in [0.4, 0.5) is 0 Å². The third-order valence-electron chi connectivity index (χ3n) is 0.500. The lowest BCUT2D eigenvalue weighted by molar-refractivity contribution is 0.762. The Balaban J connectivity index is 0. The summed E-state index contributed by atoms with van der Waals surface area (Å²) in [5.74, 6) is 0. The van der Waals surface area contributed by atoms with Gasteiger partial charge in [0.1, 0.15) is 0 Å². The molecule has 0 aliphatic heterocycles. The first-order valence-electron chi connectivity index (χ1n) is 2.34. The molecule has 7 heavy (non-hydrogen) atoms. The number of hydrogen-bond donors (Lipinski definition) is 1. The van der Waals surface area contributed by atoms with Crippen molar-refractivity contribution in [2.24, 2.45) is 0 Å². The highest BCUT2D eigenvalue weighted by molar-refractivity contribution is 7.52. The zero-order valence-electron chi connectivity index (χ0n) is 4.87. The highest BCUT2D eigenvalue weighted by Gasteiger charge is 1.62. The molecule has 0 aromatic heterocycles. The third-order valence-corrected chi connectivity index (χ3v) is 0.500. The first-order valence-corrected chi connectivity index (χ1v) is 4.09. The maximum absolute atomic E-state index is 4.56. The standard InChI is InChI=1S/C4H11N.ClH2P/c1-3-5-4-2;1-2/h5H,3-4H2,1-2H3;2H2. The average Bonchev–Trinajstić information content (AvgIpc) is 1.75. The summed E-state index contributed by atoms with van der Waals surface area (Å²) in [4.78, 5) is 0. The summed E-state index contributed by atoms with van der Waals surface area (Å²) in [6.07, 6.45) is 0. The third kappa shape index (κ3) is 20.4. The van der Waals surface area contributed by atoms with E-state index in [0.717, 1.165) is 13.1 Å². The van der Waals surface area contributed by atoms with Crippen LogP contribution in [-0.2, 0) is 0 Å². The van der Waals surface area contributed by atoms with E-state index in [4.69, 9.17) is 0 Å². The molecule has 0 spiro atoms. The number of halogens is 1. The van der Waals surface area contributed by atoms with Gasteiger partial charge in [-0.2, -0.15) is 0 Å². The zero-order valence-corrected chi connectivity index (χ0v) is 6.78. The smallest absolute Gasteiger partial charge is 0.00775 e. The molecule has 0 saturated heterocycles. The molecule has 0 aliphatic rings. The Labute approximate surface area is 52.8 Å². The Morgan fingerprint density at radius 3 is 1.57 bits per heavy atom. The Hall–Kier alpha value is 0.680. The second-order valence-corrected chi connectivity index (χ2v) is 0.957. The highest BCUT2D eigenvalue weighted by atomic mass is 35.7. The highest BCUT2D eigenvalue weighted by Crippen LogP contribution is 1.78. The summed E-state index contributed by atoms with van der Waals surface area (Å²) in [5.41, 5.74) is 0. The monoisotopic (exact) mass is 141 g/mol. The van der Waals surface area contributed by atoms with E-state index in [2.05, 4.69) is 30.4 Å². The van der Waals surface area contributed by atoms with Crippen molar-refractivity contribution in [2.45, 2.75) is 13.8 Å². The molecule has 1 atom stereocenters. The predicted octanol–water partition coefficient (Wildman–Crippen LogP) is 1.63. The van der Waals surface area contributed by atoms with Crippen molar-refractivity contribution in [1.29, 1.82) is 0 Å². The summed E-state index contributed by atoms with van der Waals surface area (Å²) in [6.45, 7) is 6.39. The van der Waals surface area contributed by atoms with E-state index in [9.17, 15) is 0 Å². The van der Waals surface area contributed by atoms with Crippen molar-refractivity contribution >= 4 is 19.8 Å². The van der Waals surface area contributed by atoms with Gasteiger partial charge in [-0.3, -0.25) is 0 Å². The maximum Gasteiger partial charge on any atom is -0.00775 e. The van der Waals surface area contributed by atoms with Crippen molar-refractivity contribution in [3.63, 3.8) is 0 Å². The minimum absolute atomic E-state index is 1.09. The molecule has 0 rings (SSSR count). The van der Waals surface area contributed by atoms with Gasteiger partial charge in [-0.05, 0) is 21.7 Å². The number of nitrogens with one attached hydrogen (secondary N) is 1. The molecule has 0 fully saturated rings. The van der Waals surface area contributed by atoms with Gasteiger partial charge in [0.15, 0.2) is 0 Å². The van der Waals surface area contributed by atoms with Crippen LogP contribution in [0.15, 0.2) is 0 Å². The molecular weight excluding hydrogens is 128 g/mol. The first kappa shape index (κ1) is 10.6. The molecule has 0 aromatic rings. The van der Waals surface area contributed by atoms with Crippen LogP contribution in [0.3, 0.4) is 0 Å². The molecule has 0 aliphatic carbocycles. The first-order chi connectivity index (χ1) is 3.41. The van der Waals surface area contributed by atoms with Crippen LogP contribution in [0.5, 0.6) is 0 Å². The molecule has 46 valence electrons. The van der Waals surface area contributed by atoms with Crippen molar-refractivity contribution in [3.8, 4) is 0 Å². The molecule has 0 bridgehead atoms. The fourth-order valence-corrected chi connectivity index (χ4v) is 0.250. The lowest BCUT2D eigenvalue weighted by atomic mass is 10.7. The molecule has 3 heteroatoms. The average molecular weight is 142 g/mol. The van der Waals surface area contributed by atoms with E-state index in [-0.39, 0.29) is 0 Å². The summed E-state index contributed by atoms with van der Waals surface area (Å²) in [5, 5.41) is 3.11. The second kappa shape index (κ2) is 15.9. The van der Waals surface area contributed by atoms with Crippen molar-refractivity contribution in [1.82, 2.24) is 5.32 Å². The largest absolute Gasteiger partial charge is 0.317 e. The molecule has 0 radical (unpaired) electrons. The summed E-state index contributed by atoms with van der Waals surface area (Å²) in [7, 11) is 1.89. The fourth-order valence-electron chi connectivity index (χ4n) is 0.250. The van der Waals surface area contributed by atoms with Gasteiger partial charge in [-0.25, -0.2) is 0 Å². The summed E-state index contributed by atoms with van der Waals surface area (Å²) >= 11 is 4.56. The van der Waals surface area contributed by atoms with Crippen LogP contribution in [0.25, 0.3) is 0 Å². The molecule has 0 saturated carbocycles. The molecular formula is C4H13ClNP. The second-order valence-electron chi connectivity index (χ2n) is 0.957. The van der Waals surface area contributed by atoms with E-state index in [1.54, 1.807) is 0 Å². The Morgan fingerprint density at radius 1 is 1.29 bits per heavy atom. The van der Waals surface area contributed by atoms with E-state index >= 15 is 0 Å². The Kier molecular flexibility index (Phi) is 24.1. The molecule has 1 N–H and O–H groups in total. The maximum atomic E-state index is 4.56. The topological polar surface area (TPSA) is 12.0 Å². The van der Waals surface area contributed by atoms with Gasteiger partial charge in [0.25, 0.3) is 0 Å². The lowest BCUT2D eigenvalue weighted by Crippen LogP contribution is -2.09. The van der Waals surface area contributed by atoms with Crippen LogP contribution in [0, 0.1) is 0 Å². The van der Waals surface area contributed by atoms with E-state index in [1.165, 1.54) is 0 Å². The van der Waals surface area contributed by atoms with Crippen molar-refractivity contribution in [2.75, 3.05) is 13.1 Å². The van der Waals surface area contributed by atoms with Gasteiger partial charge in [0.05, 0.1) is 0 Å². The van der Waals surface area contributed by atoms with Gasteiger partial charge in [-0.1, -0.05) is 13.8 Å². The van der Waals surface area contributed by atoms with E-state index in [1.807, 2.05) is 8.59 Å².